The second-order valence-electron chi connectivity index (χ2n) is 3.89. The number of carbonyl (C=O) groups excluding carboxylic acids is 2. The van der Waals surface area contributed by atoms with Gasteiger partial charge in [-0.05, 0) is 33.0 Å². The van der Waals surface area contributed by atoms with E-state index in [0.717, 1.165) is 25.9 Å². The largest absolute Gasteiger partial charge is 0.345 e. The molecule has 0 aromatic rings. The zero-order valence-electron chi connectivity index (χ0n) is 9.32. The minimum atomic E-state index is -0.736. The van der Waals surface area contributed by atoms with Crippen molar-refractivity contribution in [3.8, 4) is 6.07 Å². The Kier molecular flexibility index (Phi) is 4.73. The van der Waals surface area contributed by atoms with E-state index in [2.05, 4.69) is 15.5 Å². The van der Waals surface area contributed by atoms with E-state index in [-0.39, 0.29) is 12.6 Å². The number of nitriles is 1. The van der Waals surface area contributed by atoms with Crippen molar-refractivity contribution in [3.05, 3.63) is 0 Å². The second kappa shape index (κ2) is 6.08. The fraction of sp³-hybridized carbons (Fsp3) is 0.700. The summed E-state index contributed by atoms with van der Waals surface area (Å²) < 4.78 is 0. The Bertz CT molecular complexity index is 302. The fourth-order valence-corrected chi connectivity index (χ4v) is 1.60. The molecule has 1 aliphatic rings. The molecule has 0 bridgehead atoms. The first kappa shape index (κ1) is 12.5. The van der Waals surface area contributed by atoms with Crippen molar-refractivity contribution in [2.75, 3.05) is 26.7 Å². The van der Waals surface area contributed by atoms with Gasteiger partial charge in [-0.15, -0.1) is 0 Å². The van der Waals surface area contributed by atoms with Crippen molar-refractivity contribution in [1.82, 2.24) is 15.5 Å². The molecule has 16 heavy (non-hydrogen) atoms. The highest BCUT2D eigenvalue weighted by molar-refractivity contribution is 6.35. The fourth-order valence-electron chi connectivity index (χ4n) is 1.60. The first-order valence-corrected chi connectivity index (χ1v) is 5.27. The Morgan fingerprint density at radius 1 is 1.38 bits per heavy atom. The third-order valence-corrected chi connectivity index (χ3v) is 2.59. The number of hydrogen-bond donors (Lipinski definition) is 2. The molecule has 0 aromatic heterocycles. The van der Waals surface area contributed by atoms with Gasteiger partial charge in [-0.1, -0.05) is 0 Å². The number of amides is 2. The molecule has 0 unspecified atom stereocenters. The van der Waals surface area contributed by atoms with E-state index in [1.165, 1.54) is 0 Å². The number of nitrogens with one attached hydrogen (secondary N) is 2. The SMILES string of the molecule is CN1CCC(NC(=O)C(=O)NCC#N)CC1. The van der Waals surface area contributed by atoms with Gasteiger partial charge in [0.15, 0.2) is 0 Å². The number of nitrogens with zero attached hydrogens (tertiary/aromatic N) is 2. The van der Waals surface area contributed by atoms with E-state index >= 15 is 0 Å². The van der Waals surface area contributed by atoms with Crippen molar-refractivity contribution in [2.24, 2.45) is 0 Å². The highest BCUT2D eigenvalue weighted by Gasteiger charge is 2.21. The molecular weight excluding hydrogens is 208 g/mol. The smallest absolute Gasteiger partial charge is 0.310 e. The summed E-state index contributed by atoms with van der Waals surface area (Å²) in [5.74, 6) is -1.38. The molecule has 0 aliphatic carbocycles. The lowest BCUT2D eigenvalue weighted by atomic mass is 10.1. The van der Waals surface area contributed by atoms with Gasteiger partial charge in [0.1, 0.15) is 6.54 Å². The van der Waals surface area contributed by atoms with E-state index in [9.17, 15) is 9.59 Å². The van der Waals surface area contributed by atoms with Crippen molar-refractivity contribution in [1.29, 1.82) is 5.26 Å². The number of carbonyl (C=O) groups is 2. The maximum Gasteiger partial charge on any atom is 0.310 e. The van der Waals surface area contributed by atoms with Gasteiger partial charge in [0.05, 0.1) is 6.07 Å². The summed E-state index contributed by atoms with van der Waals surface area (Å²) in [6, 6.07) is 1.81. The number of likely N-dealkylation sites (tertiary alicyclic amines) is 1. The third-order valence-electron chi connectivity index (χ3n) is 2.59. The summed E-state index contributed by atoms with van der Waals surface area (Å²) in [5, 5.41) is 13.1. The lowest BCUT2D eigenvalue weighted by Gasteiger charge is -2.29. The monoisotopic (exact) mass is 224 g/mol. The first-order chi connectivity index (χ1) is 7.63. The molecule has 2 amide bonds. The number of rotatable bonds is 2. The van der Waals surface area contributed by atoms with E-state index in [1.54, 1.807) is 6.07 Å². The van der Waals surface area contributed by atoms with E-state index < -0.39 is 11.8 Å². The molecule has 0 aromatic carbocycles. The molecule has 0 spiro atoms. The predicted molar refractivity (Wildman–Crippen MR) is 57.3 cm³/mol. The van der Waals surface area contributed by atoms with Gasteiger partial charge in [0.25, 0.3) is 0 Å². The van der Waals surface area contributed by atoms with Gasteiger partial charge in [-0.2, -0.15) is 5.26 Å². The average Bonchev–Trinajstić information content (AvgIpc) is 2.29. The minimum absolute atomic E-state index is 0.0662. The molecule has 2 N–H and O–H groups in total. The summed E-state index contributed by atoms with van der Waals surface area (Å²) in [6.45, 7) is 1.70. The van der Waals surface area contributed by atoms with Crippen LogP contribution < -0.4 is 10.6 Å². The molecule has 1 saturated heterocycles. The Morgan fingerprint density at radius 2 is 2.00 bits per heavy atom. The van der Waals surface area contributed by atoms with Crippen LogP contribution in [0.2, 0.25) is 0 Å². The zero-order chi connectivity index (χ0) is 12.0. The van der Waals surface area contributed by atoms with Gasteiger partial charge in [0.2, 0.25) is 0 Å². The average molecular weight is 224 g/mol. The molecule has 88 valence electrons. The molecule has 6 nitrogen and oxygen atoms in total. The summed E-state index contributed by atoms with van der Waals surface area (Å²) in [4.78, 5) is 24.7. The second-order valence-corrected chi connectivity index (χ2v) is 3.89. The van der Waals surface area contributed by atoms with E-state index in [4.69, 9.17) is 5.26 Å². The van der Waals surface area contributed by atoms with Crippen LogP contribution in [0.25, 0.3) is 0 Å². The van der Waals surface area contributed by atoms with Crippen LogP contribution in [0.1, 0.15) is 12.8 Å². The van der Waals surface area contributed by atoms with Gasteiger partial charge < -0.3 is 15.5 Å². The van der Waals surface area contributed by atoms with Crippen molar-refractivity contribution < 1.29 is 9.59 Å². The standard InChI is InChI=1S/C10H16N4O2/c1-14-6-2-8(3-7-14)13-10(16)9(15)12-5-4-11/h8H,2-3,5-7H2,1H3,(H,12,15)(H,13,16). The Hall–Kier alpha value is -1.61. The highest BCUT2D eigenvalue weighted by atomic mass is 16.2. The maximum atomic E-state index is 11.4. The predicted octanol–water partition coefficient (Wildman–Crippen LogP) is -1.16. The normalized spacial score (nSPS) is 17.5. The molecule has 0 atom stereocenters. The Balaban J connectivity index is 2.29. The van der Waals surface area contributed by atoms with Crippen molar-refractivity contribution in [3.63, 3.8) is 0 Å². The molecule has 1 fully saturated rings. The molecule has 0 saturated carbocycles. The van der Waals surface area contributed by atoms with E-state index in [1.807, 2.05) is 7.05 Å². The van der Waals surface area contributed by atoms with E-state index in [0.29, 0.717) is 0 Å². The lowest BCUT2D eigenvalue weighted by molar-refractivity contribution is -0.139. The summed E-state index contributed by atoms with van der Waals surface area (Å²) >= 11 is 0. The Morgan fingerprint density at radius 3 is 2.56 bits per heavy atom. The molecule has 0 radical (unpaired) electrons. The zero-order valence-corrected chi connectivity index (χ0v) is 9.32. The Labute approximate surface area is 94.6 Å². The van der Waals surface area contributed by atoms with Crippen molar-refractivity contribution >= 4 is 11.8 Å². The molecule has 1 rings (SSSR count). The minimum Gasteiger partial charge on any atom is -0.345 e. The van der Waals surface area contributed by atoms with Gasteiger partial charge >= 0.3 is 11.8 Å². The van der Waals surface area contributed by atoms with Crippen LogP contribution in [0.15, 0.2) is 0 Å². The maximum absolute atomic E-state index is 11.4. The molecular formula is C10H16N4O2. The van der Waals surface area contributed by atoms with Gasteiger partial charge in [-0.25, -0.2) is 0 Å². The van der Waals surface area contributed by atoms with Crippen LogP contribution in [0.4, 0.5) is 0 Å². The van der Waals surface area contributed by atoms with Crippen LogP contribution in [0, 0.1) is 11.3 Å². The third kappa shape index (κ3) is 3.87. The van der Waals surface area contributed by atoms with Crippen LogP contribution in [-0.2, 0) is 9.59 Å². The lowest BCUT2D eigenvalue weighted by Crippen LogP contribution is -2.48. The topological polar surface area (TPSA) is 85.2 Å². The summed E-state index contributed by atoms with van der Waals surface area (Å²) in [5.41, 5.74) is 0. The van der Waals surface area contributed by atoms with Gasteiger partial charge in [0, 0.05) is 6.04 Å². The quantitative estimate of drug-likeness (QED) is 0.457. The van der Waals surface area contributed by atoms with Crippen molar-refractivity contribution in [2.45, 2.75) is 18.9 Å². The van der Waals surface area contributed by atoms with Crippen LogP contribution in [-0.4, -0.2) is 49.4 Å². The first-order valence-electron chi connectivity index (χ1n) is 5.27. The summed E-state index contributed by atoms with van der Waals surface area (Å²) in [6.07, 6.45) is 1.71. The molecule has 6 heteroatoms. The van der Waals surface area contributed by atoms with Crippen LogP contribution in [0.3, 0.4) is 0 Å². The van der Waals surface area contributed by atoms with Crippen LogP contribution in [0.5, 0.6) is 0 Å². The molecule has 1 heterocycles. The number of piperidine rings is 1. The highest BCUT2D eigenvalue weighted by Crippen LogP contribution is 2.07. The van der Waals surface area contributed by atoms with Gasteiger partial charge in [-0.3, -0.25) is 9.59 Å². The molecule has 1 aliphatic heterocycles. The number of hydrogen-bond acceptors (Lipinski definition) is 4. The van der Waals surface area contributed by atoms with Crippen LogP contribution >= 0.6 is 0 Å². The summed E-state index contributed by atoms with van der Waals surface area (Å²) in [7, 11) is 2.03.